The zero-order valence-electron chi connectivity index (χ0n) is 12.9. The van der Waals surface area contributed by atoms with Crippen LogP contribution in [-0.4, -0.2) is 9.36 Å². The van der Waals surface area contributed by atoms with E-state index in [4.69, 9.17) is 0 Å². The van der Waals surface area contributed by atoms with Crippen molar-refractivity contribution in [2.24, 2.45) is 5.92 Å². The molecular weight excluding hydrogens is 248 g/mol. The highest BCUT2D eigenvalue weighted by Gasteiger charge is 2.16. The summed E-state index contributed by atoms with van der Waals surface area (Å²) in [5.74, 6) is 0.615. The van der Waals surface area contributed by atoms with E-state index in [1.165, 1.54) is 0 Å². The highest BCUT2D eigenvalue weighted by molar-refractivity contribution is 5.33. The lowest BCUT2D eigenvalue weighted by Gasteiger charge is -2.11. The van der Waals surface area contributed by atoms with Gasteiger partial charge in [-0.25, -0.2) is 4.68 Å². The van der Waals surface area contributed by atoms with Gasteiger partial charge >= 0.3 is 0 Å². The Kier molecular flexibility index (Phi) is 4.48. The molecular formula is C17H24N2O. The third-order valence-corrected chi connectivity index (χ3v) is 3.79. The number of nitrogens with zero attached hydrogens (tertiary/aromatic N) is 2. The minimum atomic E-state index is 0.135. The first-order valence-corrected chi connectivity index (χ1v) is 7.43. The quantitative estimate of drug-likeness (QED) is 0.817. The summed E-state index contributed by atoms with van der Waals surface area (Å²) in [6.07, 6.45) is 1.92. The molecule has 2 rings (SSSR count). The van der Waals surface area contributed by atoms with Crippen molar-refractivity contribution in [3.63, 3.8) is 0 Å². The average molecular weight is 272 g/mol. The second-order valence-corrected chi connectivity index (χ2v) is 5.66. The van der Waals surface area contributed by atoms with Crippen molar-refractivity contribution in [2.75, 3.05) is 0 Å². The van der Waals surface area contributed by atoms with Crippen molar-refractivity contribution in [3.8, 4) is 5.69 Å². The number of hydrogen-bond acceptors (Lipinski definition) is 1. The molecule has 0 spiro atoms. The van der Waals surface area contributed by atoms with E-state index in [2.05, 4.69) is 32.4 Å². The molecule has 0 unspecified atom stereocenters. The summed E-state index contributed by atoms with van der Waals surface area (Å²) in [6.45, 7) is 9.33. The Balaban J connectivity index is 2.52. The zero-order valence-corrected chi connectivity index (χ0v) is 12.9. The number of para-hydroxylation sites is 1. The van der Waals surface area contributed by atoms with E-state index in [-0.39, 0.29) is 5.56 Å². The van der Waals surface area contributed by atoms with Crippen molar-refractivity contribution in [3.05, 3.63) is 51.9 Å². The zero-order chi connectivity index (χ0) is 14.7. The van der Waals surface area contributed by atoms with E-state index < -0.39 is 0 Å². The molecule has 108 valence electrons. The first kappa shape index (κ1) is 14.6. The van der Waals surface area contributed by atoms with Crippen LogP contribution in [0.15, 0.2) is 35.1 Å². The molecule has 0 saturated heterocycles. The molecule has 0 aliphatic heterocycles. The topological polar surface area (TPSA) is 26.9 Å². The molecule has 1 heterocycles. The van der Waals surface area contributed by atoms with Gasteiger partial charge in [0.25, 0.3) is 5.56 Å². The fraction of sp³-hybridized carbons (Fsp3) is 0.471. The fourth-order valence-electron chi connectivity index (χ4n) is 2.62. The molecule has 1 aromatic carbocycles. The molecule has 0 aliphatic rings. The lowest BCUT2D eigenvalue weighted by atomic mass is 10.0. The van der Waals surface area contributed by atoms with E-state index in [9.17, 15) is 4.79 Å². The van der Waals surface area contributed by atoms with E-state index in [1.54, 1.807) is 0 Å². The third kappa shape index (κ3) is 2.72. The molecule has 0 N–H and O–H groups in total. The van der Waals surface area contributed by atoms with Crippen molar-refractivity contribution in [2.45, 2.75) is 47.1 Å². The van der Waals surface area contributed by atoms with E-state index >= 15 is 0 Å². The van der Waals surface area contributed by atoms with Gasteiger partial charge in [-0.05, 0) is 44.7 Å². The van der Waals surface area contributed by atoms with Gasteiger partial charge in [-0.2, -0.15) is 0 Å². The van der Waals surface area contributed by atoms with Crippen molar-refractivity contribution in [1.82, 2.24) is 9.36 Å². The first-order valence-electron chi connectivity index (χ1n) is 7.43. The lowest BCUT2D eigenvalue weighted by Crippen LogP contribution is -2.22. The lowest BCUT2D eigenvalue weighted by molar-refractivity contribution is 0.559. The van der Waals surface area contributed by atoms with Crippen LogP contribution in [0.1, 0.15) is 38.4 Å². The highest BCUT2D eigenvalue weighted by atomic mass is 16.1. The summed E-state index contributed by atoms with van der Waals surface area (Å²) in [4.78, 5) is 12.7. The molecule has 0 aliphatic carbocycles. The number of hydrogen-bond donors (Lipinski definition) is 0. The van der Waals surface area contributed by atoms with Gasteiger partial charge in [0.15, 0.2) is 0 Å². The maximum Gasteiger partial charge on any atom is 0.274 e. The number of benzene rings is 1. The summed E-state index contributed by atoms with van der Waals surface area (Å²) in [5.41, 5.74) is 3.14. The van der Waals surface area contributed by atoms with Gasteiger partial charge < -0.3 is 0 Å². The van der Waals surface area contributed by atoms with Crippen LogP contribution in [0.5, 0.6) is 0 Å². The molecule has 3 heteroatoms. The molecule has 0 bridgehead atoms. The first-order chi connectivity index (χ1) is 9.56. The van der Waals surface area contributed by atoms with Crippen LogP contribution in [0.3, 0.4) is 0 Å². The maximum absolute atomic E-state index is 12.7. The second-order valence-electron chi connectivity index (χ2n) is 5.66. The van der Waals surface area contributed by atoms with Gasteiger partial charge in [0, 0.05) is 17.8 Å². The van der Waals surface area contributed by atoms with Crippen LogP contribution >= 0.6 is 0 Å². The number of rotatable bonds is 5. The van der Waals surface area contributed by atoms with E-state index in [1.807, 2.05) is 35.0 Å². The smallest absolute Gasteiger partial charge is 0.274 e. The van der Waals surface area contributed by atoms with Crippen molar-refractivity contribution in [1.29, 1.82) is 0 Å². The maximum atomic E-state index is 12.7. The van der Waals surface area contributed by atoms with Gasteiger partial charge in [0.2, 0.25) is 0 Å². The molecule has 0 radical (unpaired) electrons. The Bertz CT molecular complexity index is 620. The molecule has 20 heavy (non-hydrogen) atoms. The summed E-state index contributed by atoms with van der Waals surface area (Å²) < 4.78 is 3.89. The van der Waals surface area contributed by atoms with Crippen LogP contribution in [-0.2, 0) is 13.0 Å². The Hall–Kier alpha value is -1.77. The molecule has 0 amide bonds. The molecule has 0 saturated carbocycles. The predicted molar refractivity (Wildman–Crippen MR) is 83.6 cm³/mol. The van der Waals surface area contributed by atoms with Crippen LogP contribution in [0.25, 0.3) is 5.69 Å². The van der Waals surface area contributed by atoms with E-state index in [0.717, 1.165) is 36.3 Å². The van der Waals surface area contributed by atoms with Crippen LogP contribution < -0.4 is 5.56 Å². The van der Waals surface area contributed by atoms with Crippen LogP contribution in [0.2, 0.25) is 0 Å². The van der Waals surface area contributed by atoms with Gasteiger partial charge in [0.05, 0.1) is 5.69 Å². The minimum absolute atomic E-state index is 0.135. The van der Waals surface area contributed by atoms with Crippen molar-refractivity contribution >= 4 is 0 Å². The number of aromatic nitrogens is 2. The van der Waals surface area contributed by atoms with Gasteiger partial charge in [-0.1, -0.05) is 32.0 Å². The fourth-order valence-corrected chi connectivity index (χ4v) is 2.62. The largest absolute Gasteiger partial charge is 0.282 e. The van der Waals surface area contributed by atoms with Gasteiger partial charge in [-0.15, -0.1) is 0 Å². The Morgan fingerprint density at radius 1 is 1.15 bits per heavy atom. The predicted octanol–water partition coefficient (Wildman–Crippen LogP) is 3.56. The standard InChI is InChI=1S/C17H24N2O/c1-5-18-14(4)16(12-11-13(2)3)17(20)19(18)15-9-7-6-8-10-15/h6-10,13H,5,11-12H2,1-4H3. The van der Waals surface area contributed by atoms with Gasteiger partial charge in [0.1, 0.15) is 0 Å². The summed E-state index contributed by atoms with van der Waals surface area (Å²) in [7, 11) is 0. The molecule has 3 nitrogen and oxygen atoms in total. The molecule has 1 aromatic heterocycles. The van der Waals surface area contributed by atoms with Gasteiger partial charge in [-0.3, -0.25) is 9.48 Å². The SMILES string of the molecule is CCn1c(C)c(CCC(C)C)c(=O)n1-c1ccccc1. The normalized spacial score (nSPS) is 11.2. The average Bonchev–Trinajstić information content (AvgIpc) is 2.68. The molecule has 0 fully saturated rings. The van der Waals surface area contributed by atoms with Crippen LogP contribution in [0.4, 0.5) is 0 Å². The third-order valence-electron chi connectivity index (χ3n) is 3.79. The highest BCUT2D eigenvalue weighted by Crippen LogP contribution is 2.14. The van der Waals surface area contributed by atoms with Crippen LogP contribution in [0, 0.1) is 12.8 Å². The second kappa shape index (κ2) is 6.12. The monoisotopic (exact) mass is 272 g/mol. The minimum Gasteiger partial charge on any atom is -0.282 e. The molecule has 0 atom stereocenters. The summed E-state index contributed by atoms with van der Waals surface area (Å²) in [6, 6.07) is 9.88. The summed E-state index contributed by atoms with van der Waals surface area (Å²) in [5, 5.41) is 0. The van der Waals surface area contributed by atoms with Crippen molar-refractivity contribution < 1.29 is 0 Å². The Labute approximate surface area is 120 Å². The van der Waals surface area contributed by atoms with E-state index in [0.29, 0.717) is 5.92 Å². The Morgan fingerprint density at radius 2 is 1.80 bits per heavy atom. The molecule has 2 aromatic rings. The Morgan fingerprint density at radius 3 is 2.35 bits per heavy atom. The summed E-state index contributed by atoms with van der Waals surface area (Å²) >= 11 is 0.